The van der Waals surface area contributed by atoms with E-state index < -0.39 is 0 Å². The summed E-state index contributed by atoms with van der Waals surface area (Å²) < 4.78 is 11.9. The molecule has 5 heteroatoms. The highest BCUT2D eigenvalue weighted by atomic mass is 79.9. The van der Waals surface area contributed by atoms with Crippen LogP contribution in [0.2, 0.25) is 0 Å². The largest absolute Gasteiger partial charge is 0.383 e. The summed E-state index contributed by atoms with van der Waals surface area (Å²) in [5, 5.41) is 3.50. The number of halogens is 1. The van der Waals surface area contributed by atoms with Crippen LogP contribution in [-0.2, 0) is 15.9 Å². The van der Waals surface area contributed by atoms with E-state index >= 15 is 0 Å². The SMILES string of the molecule is COCCNCC1(Cc2cncc(Br)c2)CCOC1C. The molecule has 1 aliphatic rings. The lowest BCUT2D eigenvalue weighted by Crippen LogP contribution is -2.42. The Morgan fingerprint density at radius 3 is 3.05 bits per heavy atom. The standard InChI is InChI=1S/C15H23BrN2O2/c1-12-15(3-5-20-12,11-17-4-6-19-2)8-13-7-14(16)10-18-9-13/h7,9-10,12,17H,3-6,8,11H2,1-2H3. The minimum atomic E-state index is 0.149. The molecule has 2 heterocycles. The van der Waals surface area contributed by atoms with E-state index in [-0.39, 0.29) is 11.5 Å². The van der Waals surface area contributed by atoms with Crippen molar-refractivity contribution in [1.29, 1.82) is 0 Å². The molecule has 2 unspecified atom stereocenters. The molecule has 0 radical (unpaired) electrons. The van der Waals surface area contributed by atoms with E-state index in [0.717, 1.165) is 43.6 Å². The number of nitrogens with one attached hydrogen (secondary N) is 1. The fraction of sp³-hybridized carbons (Fsp3) is 0.667. The number of nitrogens with zero attached hydrogens (tertiary/aromatic N) is 1. The number of pyridine rings is 1. The Morgan fingerprint density at radius 2 is 2.40 bits per heavy atom. The van der Waals surface area contributed by atoms with Gasteiger partial charge in [-0.25, -0.2) is 0 Å². The third kappa shape index (κ3) is 4.01. The molecule has 2 rings (SSSR count). The zero-order valence-corrected chi connectivity index (χ0v) is 13.8. The van der Waals surface area contributed by atoms with Gasteiger partial charge in [0, 0.05) is 49.1 Å². The lowest BCUT2D eigenvalue weighted by Gasteiger charge is -2.32. The monoisotopic (exact) mass is 342 g/mol. The molecule has 0 aromatic carbocycles. The predicted octanol–water partition coefficient (Wildman–Crippen LogP) is 2.42. The average molecular weight is 343 g/mol. The molecule has 0 aliphatic carbocycles. The van der Waals surface area contributed by atoms with Crippen molar-refractivity contribution in [2.45, 2.75) is 25.9 Å². The summed E-state index contributed by atoms with van der Waals surface area (Å²) in [7, 11) is 1.73. The minimum absolute atomic E-state index is 0.149. The molecule has 1 N–H and O–H groups in total. The quantitative estimate of drug-likeness (QED) is 0.773. The summed E-state index contributed by atoms with van der Waals surface area (Å²) in [6.07, 6.45) is 6.10. The molecule has 0 bridgehead atoms. The highest BCUT2D eigenvalue weighted by molar-refractivity contribution is 9.10. The summed E-state index contributed by atoms with van der Waals surface area (Å²) in [5.41, 5.74) is 1.40. The van der Waals surface area contributed by atoms with Gasteiger partial charge in [-0.3, -0.25) is 4.98 Å². The van der Waals surface area contributed by atoms with Gasteiger partial charge in [-0.2, -0.15) is 0 Å². The van der Waals surface area contributed by atoms with Crippen LogP contribution in [0.3, 0.4) is 0 Å². The van der Waals surface area contributed by atoms with E-state index in [1.807, 2.05) is 12.4 Å². The Balaban J connectivity index is 2.03. The van der Waals surface area contributed by atoms with E-state index in [1.54, 1.807) is 7.11 Å². The van der Waals surface area contributed by atoms with Crippen molar-refractivity contribution in [3.63, 3.8) is 0 Å². The van der Waals surface area contributed by atoms with Gasteiger partial charge >= 0.3 is 0 Å². The van der Waals surface area contributed by atoms with Crippen molar-refractivity contribution in [2.75, 3.05) is 33.4 Å². The van der Waals surface area contributed by atoms with Gasteiger partial charge in [-0.05, 0) is 47.3 Å². The Morgan fingerprint density at radius 1 is 1.55 bits per heavy atom. The topological polar surface area (TPSA) is 43.4 Å². The summed E-state index contributed by atoms with van der Waals surface area (Å²) >= 11 is 3.49. The second-order valence-electron chi connectivity index (χ2n) is 5.48. The Bertz CT molecular complexity index is 430. The molecule has 0 spiro atoms. The zero-order valence-electron chi connectivity index (χ0n) is 12.2. The molecule has 1 saturated heterocycles. The van der Waals surface area contributed by atoms with Gasteiger partial charge in [0.15, 0.2) is 0 Å². The van der Waals surface area contributed by atoms with Crippen molar-refractivity contribution in [1.82, 2.24) is 10.3 Å². The van der Waals surface area contributed by atoms with Gasteiger partial charge in [0.25, 0.3) is 0 Å². The van der Waals surface area contributed by atoms with E-state index in [4.69, 9.17) is 9.47 Å². The molecule has 112 valence electrons. The van der Waals surface area contributed by atoms with Gasteiger partial charge in [0.2, 0.25) is 0 Å². The molecule has 20 heavy (non-hydrogen) atoms. The third-order valence-electron chi connectivity index (χ3n) is 4.11. The van der Waals surface area contributed by atoms with Crippen molar-refractivity contribution < 1.29 is 9.47 Å². The first-order chi connectivity index (χ1) is 9.66. The van der Waals surface area contributed by atoms with Gasteiger partial charge < -0.3 is 14.8 Å². The second kappa shape index (κ2) is 7.50. The normalized spacial score (nSPS) is 26.1. The number of hydrogen-bond donors (Lipinski definition) is 1. The maximum Gasteiger partial charge on any atom is 0.0619 e. The fourth-order valence-electron chi connectivity index (χ4n) is 2.82. The molecular formula is C15H23BrN2O2. The molecular weight excluding hydrogens is 320 g/mol. The molecule has 1 aromatic heterocycles. The first kappa shape index (κ1) is 15.9. The van der Waals surface area contributed by atoms with Crippen LogP contribution in [0.25, 0.3) is 0 Å². The van der Waals surface area contributed by atoms with Crippen molar-refractivity contribution in [2.24, 2.45) is 5.41 Å². The summed E-state index contributed by atoms with van der Waals surface area (Å²) in [6.45, 7) is 5.58. The lowest BCUT2D eigenvalue weighted by atomic mass is 9.76. The fourth-order valence-corrected chi connectivity index (χ4v) is 3.23. The molecule has 0 amide bonds. The number of methoxy groups -OCH3 is 1. The highest BCUT2D eigenvalue weighted by Gasteiger charge is 2.41. The maximum absolute atomic E-state index is 5.82. The van der Waals surface area contributed by atoms with Crippen LogP contribution >= 0.6 is 15.9 Å². The van der Waals surface area contributed by atoms with Crippen LogP contribution in [0.1, 0.15) is 18.9 Å². The Labute approximate surface area is 129 Å². The molecule has 1 fully saturated rings. The summed E-state index contributed by atoms with van der Waals surface area (Å²) in [6, 6.07) is 2.15. The van der Waals surface area contributed by atoms with Crippen LogP contribution in [-0.4, -0.2) is 44.5 Å². The zero-order chi connectivity index (χ0) is 14.4. The molecule has 0 saturated carbocycles. The van der Waals surface area contributed by atoms with Crippen LogP contribution in [0.5, 0.6) is 0 Å². The van der Waals surface area contributed by atoms with Crippen LogP contribution < -0.4 is 5.32 Å². The third-order valence-corrected chi connectivity index (χ3v) is 4.54. The number of rotatable bonds is 7. The Kier molecular flexibility index (Phi) is 5.96. The second-order valence-corrected chi connectivity index (χ2v) is 6.40. The van der Waals surface area contributed by atoms with Crippen molar-refractivity contribution in [3.8, 4) is 0 Å². The van der Waals surface area contributed by atoms with Crippen molar-refractivity contribution in [3.05, 3.63) is 28.5 Å². The van der Waals surface area contributed by atoms with Crippen LogP contribution in [0, 0.1) is 5.41 Å². The number of ether oxygens (including phenoxy) is 2. The molecule has 2 atom stereocenters. The van der Waals surface area contributed by atoms with E-state index in [9.17, 15) is 0 Å². The van der Waals surface area contributed by atoms with Gasteiger partial charge in [0.1, 0.15) is 0 Å². The molecule has 1 aliphatic heterocycles. The smallest absolute Gasteiger partial charge is 0.0619 e. The predicted molar refractivity (Wildman–Crippen MR) is 82.9 cm³/mol. The average Bonchev–Trinajstić information content (AvgIpc) is 2.77. The van der Waals surface area contributed by atoms with E-state index in [2.05, 4.69) is 39.2 Å². The Hall–Kier alpha value is -0.490. The summed E-state index contributed by atoms with van der Waals surface area (Å²) in [5.74, 6) is 0. The van der Waals surface area contributed by atoms with Crippen LogP contribution in [0.15, 0.2) is 22.9 Å². The first-order valence-corrected chi connectivity index (χ1v) is 7.86. The van der Waals surface area contributed by atoms with Gasteiger partial charge in [0.05, 0.1) is 12.7 Å². The summed E-state index contributed by atoms with van der Waals surface area (Å²) in [4.78, 5) is 4.26. The molecule has 4 nitrogen and oxygen atoms in total. The van der Waals surface area contributed by atoms with Crippen molar-refractivity contribution >= 4 is 15.9 Å². The van der Waals surface area contributed by atoms with Gasteiger partial charge in [-0.15, -0.1) is 0 Å². The first-order valence-electron chi connectivity index (χ1n) is 7.07. The van der Waals surface area contributed by atoms with Gasteiger partial charge in [-0.1, -0.05) is 0 Å². The number of hydrogen-bond acceptors (Lipinski definition) is 4. The minimum Gasteiger partial charge on any atom is -0.383 e. The van der Waals surface area contributed by atoms with E-state index in [0.29, 0.717) is 0 Å². The number of aromatic nitrogens is 1. The van der Waals surface area contributed by atoms with Crippen LogP contribution in [0.4, 0.5) is 0 Å². The molecule has 1 aromatic rings. The maximum atomic E-state index is 5.82. The highest BCUT2D eigenvalue weighted by Crippen LogP contribution is 2.37. The lowest BCUT2D eigenvalue weighted by molar-refractivity contribution is 0.0619. The van der Waals surface area contributed by atoms with E-state index in [1.165, 1.54) is 5.56 Å².